The molecule has 2 rings (SSSR count). The molecule has 0 saturated carbocycles. The van der Waals surface area contributed by atoms with E-state index in [0.29, 0.717) is 32.7 Å². The van der Waals surface area contributed by atoms with Crippen molar-refractivity contribution in [3.05, 3.63) is 33.3 Å². The summed E-state index contributed by atoms with van der Waals surface area (Å²) in [5.41, 5.74) is -0.186. The molecule has 1 unspecified atom stereocenters. The zero-order valence-electron chi connectivity index (χ0n) is 17.2. The van der Waals surface area contributed by atoms with E-state index in [4.69, 9.17) is 11.6 Å². The summed E-state index contributed by atoms with van der Waals surface area (Å²) >= 11 is 6.05. The van der Waals surface area contributed by atoms with Gasteiger partial charge in [-0.25, -0.2) is 0 Å². The van der Waals surface area contributed by atoms with Crippen LogP contribution in [-0.2, 0) is 9.59 Å². The molecule has 1 fully saturated rings. The lowest BCUT2D eigenvalue weighted by Gasteiger charge is -2.37. The van der Waals surface area contributed by atoms with Crippen LogP contribution in [0.3, 0.4) is 0 Å². The van der Waals surface area contributed by atoms with Gasteiger partial charge in [0.1, 0.15) is 0 Å². The summed E-state index contributed by atoms with van der Waals surface area (Å²) < 4.78 is 0. The van der Waals surface area contributed by atoms with Crippen LogP contribution in [0.2, 0.25) is 5.02 Å². The van der Waals surface area contributed by atoms with E-state index in [-0.39, 0.29) is 33.8 Å². The molecular weight excluding hydrogens is 398 g/mol. The number of non-ortho nitro benzene ring substituents is 1. The molecule has 0 bridgehead atoms. The zero-order valence-corrected chi connectivity index (χ0v) is 18.0. The molecule has 1 aromatic carbocycles. The van der Waals surface area contributed by atoms with Gasteiger partial charge in [0.2, 0.25) is 11.8 Å². The normalized spacial score (nSPS) is 16.9. The van der Waals surface area contributed by atoms with E-state index in [1.807, 2.05) is 25.7 Å². The number of carbonyl (C=O) groups excluding carboxylic acids is 2. The van der Waals surface area contributed by atoms with Crippen molar-refractivity contribution in [1.29, 1.82) is 0 Å². The van der Waals surface area contributed by atoms with Crippen molar-refractivity contribution >= 4 is 34.8 Å². The van der Waals surface area contributed by atoms with E-state index in [1.165, 1.54) is 18.2 Å². The number of nitrogens with one attached hydrogen (secondary N) is 2. The van der Waals surface area contributed by atoms with E-state index < -0.39 is 11.0 Å². The van der Waals surface area contributed by atoms with Gasteiger partial charge in [-0.3, -0.25) is 29.5 Å². The number of carbonyl (C=O) groups is 2. The predicted molar refractivity (Wildman–Crippen MR) is 112 cm³/mol. The lowest BCUT2D eigenvalue weighted by molar-refractivity contribution is -0.384. The number of rotatable bonds is 6. The predicted octanol–water partition coefficient (Wildman–Crippen LogP) is 2.11. The smallest absolute Gasteiger partial charge is 0.271 e. The monoisotopic (exact) mass is 425 g/mol. The Labute approximate surface area is 175 Å². The minimum atomic E-state index is -0.537. The number of nitrogens with zero attached hydrogens (tertiary/aromatic N) is 3. The van der Waals surface area contributed by atoms with Gasteiger partial charge in [0, 0.05) is 43.9 Å². The Hall–Kier alpha value is -2.23. The van der Waals surface area contributed by atoms with E-state index in [9.17, 15) is 19.7 Å². The average molecular weight is 426 g/mol. The maximum atomic E-state index is 12.6. The second-order valence-corrected chi connectivity index (χ2v) is 8.60. The third-order valence-electron chi connectivity index (χ3n) is 4.63. The highest BCUT2D eigenvalue weighted by molar-refractivity contribution is 6.33. The standard InChI is InChI=1S/C19H28ClN5O4/c1-13(18(27)21-16-11-14(25(28)29)5-6-15(16)20)24-9-7-23(8-10-24)12-17(26)22-19(2,3)4/h5-6,11,13H,7-10,12H2,1-4H3,(H,21,27)(H,22,26). The fourth-order valence-electron chi connectivity index (χ4n) is 3.10. The number of amides is 2. The Morgan fingerprint density at radius 1 is 1.24 bits per heavy atom. The van der Waals surface area contributed by atoms with Gasteiger partial charge in [0.05, 0.1) is 28.2 Å². The van der Waals surface area contributed by atoms with Gasteiger partial charge in [0.15, 0.2) is 0 Å². The van der Waals surface area contributed by atoms with E-state index in [2.05, 4.69) is 15.5 Å². The van der Waals surface area contributed by atoms with Crippen LogP contribution in [0.4, 0.5) is 11.4 Å². The van der Waals surface area contributed by atoms with E-state index in [1.54, 1.807) is 6.92 Å². The Balaban J connectivity index is 1.88. The topological polar surface area (TPSA) is 108 Å². The Morgan fingerprint density at radius 3 is 2.41 bits per heavy atom. The second kappa shape index (κ2) is 9.51. The minimum Gasteiger partial charge on any atom is -0.350 e. The van der Waals surface area contributed by atoms with Crippen molar-refractivity contribution in [2.75, 3.05) is 38.0 Å². The Morgan fingerprint density at radius 2 is 1.86 bits per heavy atom. The quantitative estimate of drug-likeness (QED) is 0.533. The first kappa shape index (κ1) is 23.1. The molecule has 1 aliphatic rings. The first-order chi connectivity index (χ1) is 13.5. The maximum Gasteiger partial charge on any atom is 0.271 e. The molecule has 1 aliphatic heterocycles. The molecule has 1 aromatic rings. The third-order valence-corrected chi connectivity index (χ3v) is 4.96. The van der Waals surface area contributed by atoms with Gasteiger partial charge in [0.25, 0.3) is 5.69 Å². The molecule has 160 valence electrons. The fraction of sp³-hybridized carbons (Fsp3) is 0.579. The zero-order chi connectivity index (χ0) is 21.8. The van der Waals surface area contributed by atoms with Crippen LogP contribution in [-0.4, -0.2) is 70.8 Å². The third kappa shape index (κ3) is 6.95. The Bertz CT molecular complexity index is 772. The molecule has 2 amide bonds. The SMILES string of the molecule is CC(C(=O)Nc1cc([N+](=O)[O-])ccc1Cl)N1CCN(CC(=O)NC(C)(C)C)CC1. The number of nitro groups is 1. The van der Waals surface area contributed by atoms with Crippen molar-refractivity contribution < 1.29 is 14.5 Å². The van der Waals surface area contributed by atoms with Crippen LogP contribution in [0.5, 0.6) is 0 Å². The molecular formula is C19H28ClN5O4. The number of halogens is 1. The van der Waals surface area contributed by atoms with Gasteiger partial charge in [-0.05, 0) is 33.8 Å². The number of hydrogen-bond acceptors (Lipinski definition) is 6. The van der Waals surface area contributed by atoms with Gasteiger partial charge in [-0.1, -0.05) is 11.6 Å². The summed E-state index contributed by atoms with van der Waals surface area (Å²) in [5, 5.41) is 16.8. The summed E-state index contributed by atoms with van der Waals surface area (Å²) in [5.74, 6) is -0.302. The van der Waals surface area contributed by atoms with Crippen LogP contribution in [0.25, 0.3) is 0 Å². The molecule has 29 heavy (non-hydrogen) atoms. The summed E-state index contributed by atoms with van der Waals surface area (Å²) in [4.78, 5) is 39.1. The van der Waals surface area contributed by atoms with Crippen molar-refractivity contribution in [2.24, 2.45) is 0 Å². The van der Waals surface area contributed by atoms with Crippen LogP contribution >= 0.6 is 11.6 Å². The molecule has 0 radical (unpaired) electrons. The Kier molecular flexibility index (Phi) is 7.56. The number of anilines is 1. The molecule has 1 saturated heterocycles. The number of piperazine rings is 1. The number of hydrogen-bond donors (Lipinski definition) is 2. The van der Waals surface area contributed by atoms with Gasteiger partial charge in [-0.15, -0.1) is 0 Å². The van der Waals surface area contributed by atoms with Crippen LogP contribution in [0, 0.1) is 10.1 Å². The first-order valence-corrected chi connectivity index (χ1v) is 9.86. The molecule has 10 heteroatoms. The number of nitro benzene ring substituents is 1. The molecule has 1 heterocycles. The molecule has 1 atom stereocenters. The van der Waals surface area contributed by atoms with Gasteiger partial charge in [-0.2, -0.15) is 0 Å². The average Bonchev–Trinajstić information content (AvgIpc) is 2.61. The molecule has 0 spiro atoms. The highest BCUT2D eigenvalue weighted by Crippen LogP contribution is 2.27. The van der Waals surface area contributed by atoms with E-state index >= 15 is 0 Å². The summed E-state index contributed by atoms with van der Waals surface area (Å²) in [6.07, 6.45) is 0. The molecule has 0 aliphatic carbocycles. The molecule has 9 nitrogen and oxygen atoms in total. The van der Waals surface area contributed by atoms with Crippen molar-refractivity contribution in [3.63, 3.8) is 0 Å². The lowest BCUT2D eigenvalue weighted by Crippen LogP contribution is -2.55. The summed E-state index contributed by atoms with van der Waals surface area (Å²) in [7, 11) is 0. The highest BCUT2D eigenvalue weighted by atomic mass is 35.5. The van der Waals surface area contributed by atoms with E-state index in [0.717, 1.165) is 0 Å². The molecule has 0 aromatic heterocycles. The maximum absolute atomic E-state index is 12.6. The van der Waals surface area contributed by atoms with Crippen molar-refractivity contribution in [3.8, 4) is 0 Å². The minimum absolute atomic E-state index is 0.0166. The summed E-state index contributed by atoms with van der Waals surface area (Å²) in [6.45, 7) is 10.6. The van der Waals surface area contributed by atoms with Gasteiger partial charge >= 0.3 is 0 Å². The van der Waals surface area contributed by atoms with Crippen LogP contribution in [0.1, 0.15) is 27.7 Å². The lowest BCUT2D eigenvalue weighted by atomic mass is 10.1. The van der Waals surface area contributed by atoms with Gasteiger partial charge < -0.3 is 10.6 Å². The van der Waals surface area contributed by atoms with Crippen molar-refractivity contribution in [2.45, 2.75) is 39.3 Å². The van der Waals surface area contributed by atoms with Crippen LogP contribution < -0.4 is 10.6 Å². The van der Waals surface area contributed by atoms with Crippen LogP contribution in [0.15, 0.2) is 18.2 Å². The van der Waals surface area contributed by atoms with Crippen molar-refractivity contribution in [1.82, 2.24) is 15.1 Å². The summed E-state index contributed by atoms with van der Waals surface area (Å²) in [6, 6.07) is 3.49. The number of benzene rings is 1. The fourth-order valence-corrected chi connectivity index (χ4v) is 3.26. The first-order valence-electron chi connectivity index (χ1n) is 9.48. The highest BCUT2D eigenvalue weighted by Gasteiger charge is 2.27. The molecule has 2 N–H and O–H groups in total. The largest absolute Gasteiger partial charge is 0.350 e. The second-order valence-electron chi connectivity index (χ2n) is 8.20.